The molecule has 1 N–H and O–H groups in total. The number of hydrogen-bond acceptors (Lipinski definition) is 1. The number of halogens is 2. The summed E-state index contributed by atoms with van der Waals surface area (Å²) in [5.74, 6) is 0. The minimum atomic E-state index is -0.454. The molecule has 0 aliphatic carbocycles. The summed E-state index contributed by atoms with van der Waals surface area (Å²) in [4.78, 5) is 0. The normalized spacial score (nSPS) is 35.4. The Balaban J connectivity index is 0.00000169. The third-order valence-corrected chi connectivity index (χ3v) is 4.29. The Morgan fingerprint density at radius 2 is 1.93 bits per heavy atom. The summed E-state index contributed by atoms with van der Waals surface area (Å²) in [6.45, 7) is 9.58. The van der Waals surface area contributed by atoms with Gasteiger partial charge in [0.2, 0.25) is 0 Å². The van der Waals surface area contributed by atoms with Gasteiger partial charge in [0.1, 0.15) is 18.2 Å². The smallest absolute Gasteiger partial charge is 0.116 e. The first kappa shape index (κ1) is 14.9. The molecule has 0 spiro atoms. The van der Waals surface area contributed by atoms with Gasteiger partial charge in [0, 0.05) is 6.42 Å². The monoisotopic (exact) mass is 329 g/mol. The van der Waals surface area contributed by atoms with E-state index in [1.165, 1.54) is 0 Å². The minimum absolute atomic E-state index is 0. The van der Waals surface area contributed by atoms with Crippen LogP contribution in [0.2, 0.25) is 0 Å². The van der Waals surface area contributed by atoms with Crippen LogP contribution in [0.1, 0.15) is 27.2 Å². The van der Waals surface area contributed by atoms with Crippen molar-refractivity contribution in [2.75, 3.05) is 25.0 Å². The van der Waals surface area contributed by atoms with Gasteiger partial charge >= 0.3 is 0 Å². The summed E-state index contributed by atoms with van der Waals surface area (Å²) < 4.78 is 1.07. The van der Waals surface area contributed by atoms with E-state index in [1.54, 1.807) is 0 Å². The van der Waals surface area contributed by atoms with E-state index in [-0.39, 0.29) is 17.0 Å². The molecule has 0 bridgehead atoms. The second-order valence-electron chi connectivity index (χ2n) is 4.52. The van der Waals surface area contributed by atoms with Crippen LogP contribution in [0.4, 0.5) is 0 Å². The fraction of sp³-hybridized carbons (Fsp3) is 1.00. The fourth-order valence-corrected chi connectivity index (χ4v) is 3.58. The maximum atomic E-state index is 10.1. The third kappa shape index (κ3) is 2.71. The maximum Gasteiger partial charge on any atom is 0.116 e. The van der Waals surface area contributed by atoms with Gasteiger partial charge in [-0.3, -0.25) is 0 Å². The van der Waals surface area contributed by atoms with Crippen molar-refractivity contribution in [2.24, 2.45) is 0 Å². The Labute approximate surface area is 106 Å². The van der Waals surface area contributed by atoms with E-state index >= 15 is 0 Å². The van der Waals surface area contributed by atoms with Gasteiger partial charge in [-0.15, -0.1) is 0 Å². The molecule has 4 heteroatoms. The zero-order valence-corrected chi connectivity index (χ0v) is 12.4. The molecule has 2 atom stereocenters. The molecule has 2 nitrogen and oxygen atoms in total. The molecule has 0 aromatic heterocycles. The Morgan fingerprint density at radius 1 is 1.43 bits per heavy atom. The third-order valence-electron chi connectivity index (χ3n) is 3.54. The Hall–Kier alpha value is 0.880. The first-order chi connectivity index (χ1) is 5.99. The topological polar surface area (TPSA) is 20.2 Å². The van der Waals surface area contributed by atoms with Gasteiger partial charge in [-0.25, -0.2) is 0 Å². The van der Waals surface area contributed by atoms with Crippen LogP contribution in [-0.4, -0.2) is 46.2 Å². The quantitative estimate of drug-likeness (QED) is 0.507. The number of quaternary nitrogens is 1. The van der Waals surface area contributed by atoms with Gasteiger partial charge < -0.3 is 26.6 Å². The summed E-state index contributed by atoms with van der Waals surface area (Å²) in [5.41, 5.74) is -0.454. The van der Waals surface area contributed by atoms with Gasteiger partial charge in [-0.05, 0) is 20.8 Å². The van der Waals surface area contributed by atoms with E-state index in [2.05, 4.69) is 29.8 Å². The zero-order chi connectivity index (χ0) is 10.1. The zero-order valence-electron chi connectivity index (χ0n) is 9.26. The first-order valence-electron chi connectivity index (χ1n) is 5.14. The van der Waals surface area contributed by atoms with Crippen LogP contribution in [0.5, 0.6) is 0 Å². The number of hydrogen-bond donors (Lipinski definition) is 1. The lowest BCUT2D eigenvalue weighted by atomic mass is 10.0. The summed E-state index contributed by atoms with van der Waals surface area (Å²) in [6, 6.07) is 0.588. The van der Waals surface area contributed by atoms with E-state index in [0.717, 1.165) is 35.9 Å². The highest BCUT2D eigenvalue weighted by Crippen LogP contribution is 2.34. The molecule has 0 radical (unpaired) electrons. The molecule has 1 fully saturated rings. The molecule has 2 unspecified atom stereocenters. The molecule has 1 heterocycles. The van der Waals surface area contributed by atoms with Gasteiger partial charge in [-0.2, -0.15) is 0 Å². The van der Waals surface area contributed by atoms with Crippen molar-refractivity contribution in [3.63, 3.8) is 0 Å². The summed E-state index contributed by atoms with van der Waals surface area (Å²) in [7, 11) is 0. The summed E-state index contributed by atoms with van der Waals surface area (Å²) >= 11 is 3.56. The molecule has 14 heavy (non-hydrogen) atoms. The molecule has 86 valence electrons. The van der Waals surface area contributed by atoms with Gasteiger partial charge in [0.15, 0.2) is 0 Å². The van der Waals surface area contributed by atoms with Crippen LogP contribution in [0.25, 0.3) is 0 Å². The minimum Gasteiger partial charge on any atom is -1.00 e. The average molecular weight is 331 g/mol. The predicted molar refractivity (Wildman–Crippen MR) is 59.0 cm³/mol. The number of rotatable bonds is 3. The van der Waals surface area contributed by atoms with Crippen molar-refractivity contribution < 1.29 is 26.6 Å². The molecular weight excluding hydrogens is 310 g/mol. The predicted octanol–water partition coefficient (Wildman–Crippen LogP) is -1.23. The number of aliphatic hydroxyl groups is 1. The molecule has 0 saturated carbocycles. The average Bonchev–Trinajstić information content (AvgIpc) is 2.37. The van der Waals surface area contributed by atoms with Crippen LogP contribution >= 0.6 is 15.9 Å². The number of likely N-dealkylation sites (N-methyl/N-ethyl adjacent to an activating group) is 1. The van der Waals surface area contributed by atoms with Crippen LogP contribution in [0.15, 0.2) is 0 Å². The Morgan fingerprint density at radius 3 is 2.21 bits per heavy atom. The molecule has 0 aromatic rings. The highest BCUT2D eigenvalue weighted by Gasteiger charge is 2.49. The van der Waals surface area contributed by atoms with Crippen LogP contribution in [0.3, 0.4) is 0 Å². The lowest BCUT2D eigenvalue weighted by Crippen LogP contribution is -3.00. The highest BCUT2D eigenvalue weighted by molar-refractivity contribution is 9.09. The van der Waals surface area contributed by atoms with Crippen LogP contribution in [-0.2, 0) is 0 Å². The van der Waals surface area contributed by atoms with Crippen molar-refractivity contribution in [3.8, 4) is 0 Å². The van der Waals surface area contributed by atoms with Gasteiger partial charge in [-0.1, -0.05) is 15.9 Å². The molecule has 0 aromatic carbocycles. The second-order valence-corrected chi connectivity index (χ2v) is 5.17. The van der Waals surface area contributed by atoms with Gasteiger partial charge in [0.05, 0.1) is 18.4 Å². The molecule has 1 rings (SSSR count). The van der Waals surface area contributed by atoms with Crippen molar-refractivity contribution in [1.29, 1.82) is 0 Å². The fourth-order valence-electron chi connectivity index (χ4n) is 2.74. The van der Waals surface area contributed by atoms with Crippen LogP contribution < -0.4 is 17.0 Å². The summed E-state index contributed by atoms with van der Waals surface area (Å²) in [6.07, 6.45) is 0.930. The van der Waals surface area contributed by atoms with Crippen molar-refractivity contribution >= 4 is 15.9 Å². The highest BCUT2D eigenvalue weighted by atomic mass is 79.9. The first-order valence-corrected chi connectivity index (χ1v) is 6.26. The number of likely N-dealkylation sites (tertiary alicyclic amines) is 1. The molecular formula is C10H21Br2NO. The SMILES string of the molecule is CC[N+]1(CC)CC(C)(O)CC1CBr.[Br-]. The Bertz CT molecular complexity index is 181. The van der Waals surface area contributed by atoms with E-state index < -0.39 is 5.60 Å². The van der Waals surface area contributed by atoms with Crippen molar-refractivity contribution in [3.05, 3.63) is 0 Å². The van der Waals surface area contributed by atoms with E-state index in [0.29, 0.717) is 6.04 Å². The molecule has 1 aliphatic rings. The largest absolute Gasteiger partial charge is 1.00 e. The number of alkyl halides is 1. The van der Waals surface area contributed by atoms with Crippen LogP contribution in [0, 0.1) is 0 Å². The van der Waals surface area contributed by atoms with Crippen molar-refractivity contribution in [1.82, 2.24) is 0 Å². The van der Waals surface area contributed by atoms with E-state index in [4.69, 9.17) is 0 Å². The van der Waals surface area contributed by atoms with Gasteiger partial charge in [0.25, 0.3) is 0 Å². The van der Waals surface area contributed by atoms with E-state index in [9.17, 15) is 5.11 Å². The summed E-state index contributed by atoms with van der Waals surface area (Å²) in [5, 5.41) is 11.1. The Kier molecular flexibility index (Phi) is 5.61. The molecule has 1 saturated heterocycles. The standard InChI is InChI=1S/C10H21BrNO.BrH/c1-4-12(5-2)8-10(3,13)6-9(12)7-11;/h9,13H,4-8H2,1-3H3;1H/q+1;/p-1. The lowest BCUT2D eigenvalue weighted by molar-refractivity contribution is -0.935. The van der Waals surface area contributed by atoms with Crippen molar-refractivity contribution in [2.45, 2.75) is 38.8 Å². The lowest BCUT2D eigenvalue weighted by Gasteiger charge is -2.38. The number of nitrogens with zero attached hydrogens (tertiary/aromatic N) is 1. The maximum absolute atomic E-state index is 10.1. The molecule has 1 aliphatic heterocycles. The van der Waals surface area contributed by atoms with E-state index in [1.807, 2.05) is 6.92 Å². The second kappa shape index (κ2) is 5.28. The molecule has 0 amide bonds.